The fourth-order valence-electron chi connectivity index (χ4n) is 1.95. The third-order valence-electron chi connectivity index (χ3n) is 3.25. The van der Waals surface area contributed by atoms with E-state index >= 15 is 0 Å². The highest BCUT2D eigenvalue weighted by Gasteiger charge is 2.10. The molecular formula is C16H27NO. The quantitative estimate of drug-likeness (QED) is 0.735. The topological polar surface area (TPSA) is 21.3 Å². The van der Waals surface area contributed by atoms with Crippen molar-refractivity contribution in [2.24, 2.45) is 5.92 Å². The van der Waals surface area contributed by atoms with Crippen LogP contribution in [-0.2, 0) is 0 Å². The Morgan fingerprint density at radius 1 is 1.22 bits per heavy atom. The van der Waals surface area contributed by atoms with E-state index in [1.165, 1.54) is 17.5 Å². The summed E-state index contributed by atoms with van der Waals surface area (Å²) in [6.45, 7) is 9.58. The molecule has 0 aliphatic carbocycles. The first kappa shape index (κ1) is 15.0. The minimum absolute atomic E-state index is 0.325. The highest BCUT2D eigenvalue weighted by molar-refractivity contribution is 5.39. The smallest absolute Gasteiger partial charge is 0.124 e. The predicted molar refractivity (Wildman–Crippen MR) is 78.2 cm³/mol. The molecule has 0 aliphatic heterocycles. The predicted octanol–water partition coefficient (Wildman–Crippen LogP) is 4.09. The third-order valence-corrected chi connectivity index (χ3v) is 3.25. The van der Waals surface area contributed by atoms with Crippen LogP contribution in [0.3, 0.4) is 0 Å². The SMILES string of the molecule is CNC(C)c1ccc(C)cc1OCCCC(C)C. The average molecular weight is 249 g/mol. The van der Waals surface area contributed by atoms with E-state index in [0.29, 0.717) is 6.04 Å². The van der Waals surface area contributed by atoms with Gasteiger partial charge in [0.2, 0.25) is 0 Å². The van der Waals surface area contributed by atoms with Crippen LogP contribution in [0.25, 0.3) is 0 Å². The van der Waals surface area contributed by atoms with Gasteiger partial charge in [0.05, 0.1) is 6.61 Å². The lowest BCUT2D eigenvalue weighted by molar-refractivity contribution is 0.292. The van der Waals surface area contributed by atoms with E-state index in [4.69, 9.17) is 4.74 Å². The molecule has 1 N–H and O–H groups in total. The van der Waals surface area contributed by atoms with Gasteiger partial charge in [-0.05, 0) is 51.3 Å². The molecule has 1 aromatic rings. The van der Waals surface area contributed by atoms with Gasteiger partial charge < -0.3 is 10.1 Å². The fourth-order valence-corrected chi connectivity index (χ4v) is 1.95. The van der Waals surface area contributed by atoms with E-state index in [-0.39, 0.29) is 0 Å². The van der Waals surface area contributed by atoms with Gasteiger partial charge in [0.15, 0.2) is 0 Å². The van der Waals surface area contributed by atoms with Gasteiger partial charge in [-0.3, -0.25) is 0 Å². The second-order valence-electron chi connectivity index (χ2n) is 5.44. The Balaban J connectivity index is 2.64. The number of benzene rings is 1. The molecule has 0 saturated heterocycles. The molecule has 1 atom stereocenters. The van der Waals surface area contributed by atoms with Crippen LogP contribution in [0.4, 0.5) is 0 Å². The Hall–Kier alpha value is -1.02. The third kappa shape index (κ3) is 4.69. The van der Waals surface area contributed by atoms with Crippen LogP contribution in [0.15, 0.2) is 18.2 Å². The zero-order chi connectivity index (χ0) is 13.5. The molecule has 0 aromatic heterocycles. The monoisotopic (exact) mass is 249 g/mol. The molecule has 0 amide bonds. The zero-order valence-corrected chi connectivity index (χ0v) is 12.4. The minimum atomic E-state index is 0.325. The van der Waals surface area contributed by atoms with Gasteiger partial charge in [-0.15, -0.1) is 0 Å². The lowest BCUT2D eigenvalue weighted by Gasteiger charge is -2.17. The molecule has 1 rings (SSSR count). The second-order valence-corrected chi connectivity index (χ2v) is 5.44. The zero-order valence-electron chi connectivity index (χ0n) is 12.4. The average Bonchev–Trinajstić information content (AvgIpc) is 2.33. The fraction of sp³-hybridized carbons (Fsp3) is 0.625. The molecule has 2 nitrogen and oxygen atoms in total. The lowest BCUT2D eigenvalue weighted by Crippen LogP contribution is -2.14. The van der Waals surface area contributed by atoms with E-state index in [2.05, 4.69) is 51.2 Å². The lowest BCUT2D eigenvalue weighted by atomic mass is 10.0. The molecule has 18 heavy (non-hydrogen) atoms. The molecule has 0 aliphatic rings. The molecule has 1 unspecified atom stereocenters. The molecule has 0 heterocycles. The number of hydrogen-bond donors (Lipinski definition) is 1. The van der Waals surface area contributed by atoms with Gasteiger partial charge in [-0.1, -0.05) is 26.0 Å². The first-order chi connectivity index (χ1) is 8.54. The van der Waals surface area contributed by atoms with Gasteiger partial charge in [-0.2, -0.15) is 0 Å². The minimum Gasteiger partial charge on any atom is -0.493 e. The van der Waals surface area contributed by atoms with Gasteiger partial charge in [0.25, 0.3) is 0 Å². The summed E-state index contributed by atoms with van der Waals surface area (Å²) in [6.07, 6.45) is 2.35. The Morgan fingerprint density at radius 2 is 1.94 bits per heavy atom. The maximum Gasteiger partial charge on any atom is 0.124 e. The number of hydrogen-bond acceptors (Lipinski definition) is 2. The van der Waals surface area contributed by atoms with Gasteiger partial charge in [0, 0.05) is 11.6 Å². The normalized spacial score (nSPS) is 12.8. The van der Waals surface area contributed by atoms with Crippen LogP contribution in [0.5, 0.6) is 5.75 Å². The standard InChI is InChI=1S/C16H27NO/c1-12(2)7-6-10-18-16-11-13(3)8-9-15(16)14(4)17-5/h8-9,11-12,14,17H,6-7,10H2,1-5H3. The van der Waals surface area contributed by atoms with Crippen molar-refractivity contribution in [2.45, 2.75) is 46.6 Å². The molecule has 0 fully saturated rings. The van der Waals surface area contributed by atoms with Gasteiger partial charge in [0.1, 0.15) is 5.75 Å². The summed E-state index contributed by atoms with van der Waals surface area (Å²) in [5.41, 5.74) is 2.49. The number of nitrogens with one attached hydrogen (secondary N) is 1. The van der Waals surface area contributed by atoms with Crippen LogP contribution in [0.1, 0.15) is 50.8 Å². The van der Waals surface area contributed by atoms with Crippen LogP contribution < -0.4 is 10.1 Å². The van der Waals surface area contributed by atoms with E-state index in [9.17, 15) is 0 Å². The molecule has 102 valence electrons. The highest BCUT2D eigenvalue weighted by atomic mass is 16.5. The highest BCUT2D eigenvalue weighted by Crippen LogP contribution is 2.26. The number of aryl methyl sites for hydroxylation is 1. The molecule has 1 aromatic carbocycles. The molecule has 0 spiro atoms. The van der Waals surface area contributed by atoms with Crippen molar-refractivity contribution in [3.8, 4) is 5.75 Å². The summed E-state index contributed by atoms with van der Waals surface area (Å²) in [5, 5.41) is 3.27. The van der Waals surface area contributed by atoms with Crippen molar-refractivity contribution in [3.05, 3.63) is 29.3 Å². The number of rotatable bonds is 7. The first-order valence-corrected chi connectivity index (χ1v) is 6.95. The molecule has 2 heteroatoms. The van der Waals surface area contributed by atoms with Gasteiger partial charge >= 0.3 is 0 Å². The van der Waals surface area contributed by atoms with Crippen LogP contribution in [-0.4, -0.2) is 13.7 Å². The van der Waals surface area contributed by atoms with E-state index < -0.39 is 0 Å². The van der Waals surface area contributed by atoms with E-state index in [1.54, 1.807) is 0 Å². The second kappa shape index (κ2) is 7.42. The Labute approximate surface area is 112 Å². The Bertz CT molecular complexity index is 360. The van der Waals surface area contributed by atoms with Crippen molar-refractivity contribution in [1.82, 2.24) is 5.32 Å². The summed E-state index contributed by atoms with van der Waals surface area (Å²) in [6, 6.07) is 6.77. The molecule has 0 bridgehead atoms. The van der Waals surface area contributed by atoms with Crippen molar-refractivity contribution in [1.29, 1.82) is 0 Å². The summed E-state index contributed by atoms with van der Waals surface area (Å²) >= 11 is 0. The maximum absolute atomic E-state index is 5.95. The largest absolute Gasteiger partial charge is 0.493 e. The van der Waals surface area contributed by atoms with E-state index in [1.807, 2.05) is 7.05 Å². The van der Waals surface area contributed by atoms with Crippen molar-refractivity contribution >= 4 is 0 Å². The van der Waals surface area contributed by atoms with Crippen molar-refractivity contribution in [2.75, 3.05) is 13.7 Å². The maximum atomic E-state index is 5.95. The van der Waals surface area contributed by atoms with Crippen LogP contribution >= 0.6 is 0 Å². The first-order valence-electron chi connectivity index (χ1n) is 6.95. The summed E-state index contributed by atoms with van der Waals surface area (Å²) < 4.78 is 5.95. The molecule has 0 radical (unpaired) electrons. The molecule has 0 saturated carbocycles. The summed E-state index contributed by atoms with van der Waals surface area (Å²) in [4.78, 5) is 0. The van der Waals surface area contributed by atoms with E-state index in [0.717, 1.165) is 24.7 Å². The van der Waals surface area contributed by atoms with Crippen molar-refractivity contribution in [3.63, 3.8) is 0 Å². The van der Waals surface area contributed by atoms with Crippen LogP contribution in [0.2, 0.25) is 0 Å². The summed E-state index contributed by atoms with van der Waals surface area (Å²) in [5.74, 6) is 1.78. The molecular weight excluding hydrogens is 222 g/mol. The van der Waals surface area contributed by atoms with Crippen LogP contribution in [0, 0.1) is 12.8 Å². The van der Waals surface area contributed by atoms with Gasteiger partial charge in [-0.25, -0.2) is 0 Å². The van der Waals surface area contributed by atoms with Crippen molar-refractivity contribution < 1.29 is 4.74 Å². The Kier molecular flexibility index (Phi) is 6.20. The summed E-state index contributed by atoms with van der Waals surface area (Å²) in [7, 11) is 1.98. The number of ether oxygens (including phenoxy) is 1. The Morgan fingerprint density at radius 3 is 2.56 bits per heavy atom.